The molecule has 0 saturated heterocycles. The van der Waals surface area contributed by atoms with E-state index in [1.807, 2.05) is 30.5 Å². The van der Waals surface area contributed by atoms with E-state index in [-0.39, 0.29) is 6.10 Å². The zero-order valence-corrected chi connectivity index (χ0v) is 10.4. The van der Waals surface area contributed by atoms with Crippen LogP contribution in [0.3, 0.4) is 0 Å². The Morgan fingerprint density at radius 2 is 1.94 bits per heavy atom. The Kier molecular flexibility index (Phi) is 3.75. The minimum atomic E-state index is -0.263. The molecule has 0 aliphatic carbocycles. The molecule has 0 amide bonds. The number of aliphatic hydroxyl groups excluding tert-OH is 1. The second-order valence-electron chi connectivity index (χ2n) is 4.97. The van der Waals surface area contributed by atoms with Crippen LogP contribution < -0.4 is 0 Å². The summed E-state index contributed by atoms with van der Waals surface area (Å²) in [5.41, 5.74) is 2.19. The van der Waals surface area contributed by atoms with Crippen LogP contribution >= 0.6 is 0 Å². The molecule has 0 fully saturated rings. The van der Waals surface area contributed by atoms with E-state index in [2.05, 4.69) is 24.9 Å². The highest BCUT2D eigenvalue weighted by Gasteiger charge is 2.10. The number of nitrogens with zero attached hydrogens (tertiary/aromatic N) is 1. The van der Waals surface area contributed by atoms with Gasteiger partial charge in [0, 0.05) is 11.6 Å². The van der Waals surface area contributed by atoms with Gasteiger partial charge in [-0.15, -0.1) is 0 Å². The largest absolute Gasteiger partial charge is 0.393 e. The Bertz CT molecular complexity index is 488. The maximum absolute atomic E-state index is 10.0. The molecule has 1 aromatic carbocycles. The fourth-order valence-electron chi connectivity index (χ4n) is 2.21. The Hall–Kier alpha value is -1.41. The summed E-state index contributed by atoms with van der Waals surface area (Å²) in [7, 11) is 0. The topological polar surface area (TPSA) is 33.1 Å². The maximum atomic E-state index is 10.0. The van der Waals surface area contributed by atoms with Crippen LogP contribution in [0.5, 0.6) is 0 Å². The monoisotopic (exact) mass is 229 g/mol. The van der Waals surface area contributed by atoms with E-state index < -0.39 is 0 Å². The normalized spacial score (nSPS) is 13.2. The van der Waals surface area contributed by atoms with Crippen molar-refractivity contribution in [3.63, 3.8) is 0 Å². The Morgan fingerprint density at radius 1 is 1.18 bits per heavy atom. The van der Waals surface area contributed by atoms with Gasteiger partial charge < -0.3 is 5.11 Å². The average Bonchev–Trinajstić information content (AvgIpc) is 2.28. The molecule has 0 saturated carbocycles. The van der Waals surface area contributed by atoms with E-state index in [0.717, 1.165) is 17.3 Å². The molecule has 0 bridgehead atoms. The molecule has 2 heteroatoms. The van der Waals surface area contributed by atoms with E-state index in [4.69, 9.17) is 0 Å². The van der Waals surface area contributed by atoms with Crippen LogP contribution in [0.4, 0.5) is 0 Å². The predicted molar refractivity (Wildman–Crippen MR) is 70.9 cm³/mol. The first-order valence-electron chi connectivity index (χ1n) is 6.17. The number of pyridine rings is 1. The number of benzene rings is 1. The molecule has 0 aliphatic rings. The van der Waals surface area contributed by atoms with Crippen molar-refractivity contribution >= 4 is 10.9 Å². The summed E-state index contributed by atoms with van der Waals surface area (Å²) >= 11 is 0. The van der Waals surface area contributed by atoms with Crippen molar-refractivity contribution in [1.82, 2.24) is 4.98 Å². The molecule has 0 aliphatic heterocycles. The Morgan fingerprint density at radius 3 is 2.71 bits per heavy atom. The van der Waals surface area contributed by atoms with Gasteiger partial charge >= 0.3 is 0 Å². The summed E-state index contributed by atoms with van der Waals surface area (Å²) in [5.74, 6) is 0.526. The number of hydrogen-bond donors (Lipinski definition) is 1. The van der Waals surface area contributed by atoms with Crippen LogP contribution in [0.1, 0.15) is 25.8 Å². The summed E-state index contributed by atoms with van der Waals surface area (Å²) in [4.78, 5) is 4.33. The van der Waals surface area contributed by atoms with Crippen molar-refractivity contribution in [3.05, 3.63) is 42.1 Å². The first-order valence-corrected chi connectivity index (χ1v) is 6.17. The fourth-order valence-corrected chi connectivity index (χ4v) is 2.21. The van der Waals surface area contributed by atoms with Gasteiger partial charge in [-0.05, 0) is 36.5 Å². The van der Waals surface area contributed by atoms with Gasteiger partial charge in [0.15, 0.2) is 0 Å². The number of hydrogen-bond acceptors (Lipinski definition) is 2. The molecular formula is C15H19NO. The zero-order chi connectivity index (χ0) is 12.3. The van der Waals surface area contributed by atoms with Gasteiger partial charge in [0.05, 0.1) is 11.6 Å². The van der Waals surface area contributed by atoms with Gasteiger partial charge in [-0.25, -0.2) is 0 Å². The van der Waals surface area contributed by atoms with Gasteiger partial charge in [0.2, 0.25) is 0 Å². The summed E-state index contributed by atoms with van der Waals surface area (Å²) in [6.45, 7) is 4.27. The lowest BCUT2D eigenvalue weighted by atomic mass is 9.98. The molecule has 90 valence electrons. The van der Waals surface area contributed by atoms with E-state index in [9.17, 15) is 5.11 Å². The van der Waals surface area contributed by atoms with Crippen molar-refractivity contribution in [2.24, 2.45) is 5.92 Å². The van der Waals surface area contributed by atoms with E-state index in [1.165, 1.54) is 5.56 Å². The third-order valence-electron chi connectivity index (χ3n) is 2.94. The molecule has 17 heavy (non-hydrogen) atoms. The molecule has 1 atom stereocenters. The zero-order valence-electron chi connectivity index (χ0n) is 10.4. The maximum Gasteiger partial charge on any atom is 0.0704 e. The number of fused-ring (bicyclic) bond motifs is 1. The van der Waals surface area contributed by atoms with Crippen LogP contribution in [0, 0.1) is 5.92 Å². The van der Waals surface area contributed by atoms with Crippen molar-refractivity contribution in [2.45, 2.75) is 32.8 Å². The number of rotatable bonds is 4. The first kappa shape index (κ1) is 12.1. The van der Waals surface area contributed by atoms with Crippen LogP contribution in [0.25, 0.3) is 10.9 Å². The van der Waals surface area contributed by atoms with E-state index in [1.54, 1.807) is 0 Å². The molecule has 2 rings (SSSR count). The quantitative estimate of drug-likeness (QED) is 0.873. The van der Waals surface area contributed by atoms with Gasteiger partial charge in [-0.2, -0.15) is 0 Å². The van der Waals surface area contributed by atoms with Crippen LogP contribution in [0.15, 0.2) is 36.5 Å². The van der Waals surface area contributed by atoms with E-state index in [0.29, 0.717) is 12.3 Å². The smallest absolute Gasteiger partial charge is 0.0704 e. The highest BCUT2D eigenvalue weighted by molar-refractivity contribution is 5.81. The highest BCUT2D eigenvalue weighted by Crippen LogP contribution is 2.19. The lowest BCUT2D eigenvalue weighted by Gasteiger charge is -2.14. The van der Waals surface area contributed by atoms with Gasteiger partial charge in [0.25, 0.3) is 0 Å². The number of aromatic nitrogens is 1. The number of para-hydroxylation sites is 1. The molecule has 1 aromatic heterocycles. The molecule has 2 aromatic rings. The van der Waals surface area contributed by atoms with Gasteiger partial charge in [0.1, 0.15) is 0 Å². The summed E-state index contributed by atoms with van der Waals surface area (Å²) < 4.78 is 0. The molecule has 0 spiro atoms. The third kappa shape index (κ3) is 3.04. The standard InChI is InChI=1S/C15H19NO/c1-11(2)9-13(17)10-12-7-8-16-15-6-4-3-5-14(12)15/h3-8,11,13,17H,9-10H2,1-2H3. The van der Waals surface area contributed by atoms with Gasteiger partial charge in [-0.3, -0.25) is 4.98 Å². The van der Waals surface area contributed by atoms with E-state index >= 15 is 0 Å². The highest BCUT2D eigenvalue weighted by atomic mass is 16.3. The lowest BCUT2D eigenvalue weighted by Crippen LogP contribution is -2.13. The summed E-state index contributed by atoms with van der Waals surface area (Å²) in [6, 6.07) is 10.1. The Balaban J connectivity index is 2.24. The molecule has 2 nitrogen and oxygen atoms in total. The molecule has 1 N–H and O–H groups in total. The lowest BCUT2D eigenvalue weighted by molar-refractivity contribution is 0.149. The summed E-state index contributed by atoms with van der Waals surface area (Å²) in [6.07, 6.45) is 3.11. The minimum absolute atomic E-state index is 0.263. The predicted octanol–water partition coefficient (Wildman–Crippen LogP) is 3.18. The fraction of sp³-hybridized carbons (Fsp3) is 0.400. The number of aliphatic hydroxyl groups is 1. The van der Waals surface area contributed by atoms with Crippen LogP contribution in [-0.4, -0.2) is 16.2 Å². The molecule has 1 heterocycles. The third-order valence-corrected chi connectivity index (χ3v) is 2.94. The van der Waals surface area contributed by atoms with Crippen molar-refractivity contribution in [2.75, 3.05) is 0 Å². The average molecular weight is 229 g/mol. The summed E-state index contributed by atoms with van der Waals surface area (Å²) in [5, 5.41) is 11.2. The molecule has 0 radical (unpaired) electrons. The second kappa shape index (κ2) is 5.28. The first-order chi connectivity index (χ1) is 8.16. The van der Waals surface area contributed by atoms with Crippen molar-refractivity contribution in [3.8, 4) is 0 Å². The van der Waals surface area contributed by atoms with Crippen LogP contribution in [0.2, 0.25) is 0 Å². The Labute approximate surface area is 102 Å². The minimum Gasteiger partial charge on any atom is -0.393 e. The second-order valence-corrected chi connectivity index (χ2v) is 4.97. The van der Waals surface area contributed by atoms with Crippen LogP contribution in [-0.2, 0) is 6.42 Å². The molecular weight excluding hydrogens is 210 g/mol. The molecule has 1 unspecified atom stereocenters. The van der Waals surface area contributed by atoms with Gasteiger partial charge in [-0.1, -0.05) is 32.0 Å². The van der Waals surface area contributed by atoms with Crippen molar-refractivity contribution < 1.29 is 5.11 Å². The van der Waals surface area contributed by atoms with Crippen molar-refractivity contribution in [1.29, 1.82) is 0 Å². The SMILES string of the molecule is CC(C)CC(O)Cc1ccnc2ccccc12.